The first-order valence-corrected chi connectivity index (χ1v) is 9.22. The third-order valence-corrected chi connectivity index (χ3v) is 5.37. The van der Waals surface area contributed by atoms with Gasteiger partial charge in [-0.1, -0.05) is 30.3 Å². The van der Waals surface area contributed by atoms with Gasteiger partial charge >= 0.3 is 0 Å². The summed E-state index contributed by atoms with van der Waals surface area (Å²) in [6.45, 7) is 1.02. The van der Waals surface area contributed by atoms with Gasteiger partial charge < -0.3 is 14.2 Å². The lowest BCUT2D eigenvalue weighted by atomic mass is 10.0. The summed E-state index contributed by atoms with van der Waals surface area (Å²) < 4.78 is 15.1. The number of fused-ring (bicyclic) bond motifs is 2. The van der Waals surface area contributed by atoms with E-state index in [2.05, 4.69) is 35.2 Å². The van der Waals surface area contributed by atoms with Crippen LogP contribution in [0.3, 0.4) is 0 Å². The Morgan fingerprint density at radius 3 is 2.00 bits per heavy atom. The van der Waals surface area contributed by atoms with Crippen molar-refractivity contribution in [2.75, 3.05) is 14.2 Å². The van der Waals surface area contributed by atoms with Crippen molar-refractivity contribution in [3.05, 3.63) is 35.9 Å². The number of carbonyl (C=O) groups excluding carboxylic acids is 1. The number of hydrogen-bond acceptors (Lipinski definition) is 5. The second-order valence-electron chi connectivity index (χ2n) is 7.03. The number of benzene rings is 1. The fourth-order valence-corrected chi connectivity index (χ4v) is 4.04. The highest BCUT2D eigenvalue weighted by atomic mass is 16.8. The highest BCUT2D eigenvalue weighted by molar-refractivity contribution is 5.80. The van der Waals surface area contributed by atoms with Crippen LogP contribution >= 0.6 is 0 Å². The Bertz CT molecular complexity index is 524. The predicted octanol–water partition coefficient (Wildman–Crippen LogP) is 3.12. The van der Waals surface area contributed by atoms with E-state index < -0.39 is 0 Å². The average molecular weight is 347 g/mol. The topological polar surface area (TPSA) is 48.0 Å². The van der Waals surface area contributed by atoms with Crippen molar-refractivity contribution >= 4 is 5.78 Å². The zero-order valence-electron chi connectivity index (χ0n) is 15.2. The summed E-state index contributed by atoms with van der Waals surface area (Å²) in [5.74, 6) is 0.469. The van der Waals surface area contributed by atoms with Crippen LogP contribution in [0.15, 0.2) is 30.3 Å². The summed E-state index contributed by atoms with van der Waals surface area (Å²) in [7, 11) is 3.28. The van der Waals surface area contributed by atoms with E-state index in [0.717, 1.165) is 32.2 Å². The lowest BCUT2D eigenvalue weighted by molar-refractivity contribution is -0.185. The molecule has 1 aromatic rings. The van der Waals surface area contributed by atoms with E-state index >= 15 is 0 Å². The molecule has 1 aromatic carbocycles. The molecule has 4 atom stereocenters. The molecule has 3 aliphatic rings. The number of piperidine rings is 1. The summed E-state index contributed by atoms with van der Waals surface area (Å²) in [4.78, 5) is 14.0. The summed E-state index contributed by atoms with van der Waals surface area (Å²) >= 11 is 0. The molecule has 3 heterocycles. The maximum absolute atomic E-state index is 11.5. The molecule has 0 amide bonds. The van der Waals surface area contributed by atoms with Gasteiger partial charge in [-0.15, -0.1) is 0 Å². The molecule has 0 radical (unpaired) electrons. The van der Waals surface area contributed by atoms with Crippen LogP contribution < -0.4 is 0 Å². The van der Waals surface area contributed by atoms with Gasteiger partial charge in [0, 0.05) is 58.5 Å². The zero-order chi connectivity index (χ0) is 17.6. The van der Waals surface area contributed by atoms with Crippen LogP contribution in [-0.2, 0) is 25.5 Å². The molecule has 2 bridgehead atoms. The smallest absolute Gasteiger partial charge is 0.160 e. The van der Waals surface area contributed by atoms with Gasteiger partial charge in [0.25, 0.3) is 0 Å². The van der Waals surface area contributed by atoms with E-state index in [9.17, 15) is 4.79 Å². The Labute approximate surface area is 150 Å². The van der Waals surface area contributed by atoms with Crippen LogP contribution in [0.25, 0.3) is 0 Å². The molecule has 5 heteroatoms. The molecule has 5 nitrogen and oxygen atoms in total. The lowest BCUT2D eigenvalue weighted by Crippen LogP contribution is -2.42. The maximum Gasteiger partial charge on any atom is 0.160 e. The number of methoxy groups -OCH3 is 2. The lowest BCUT2D eigenvalue weighted by Gasteiger charge is -2.33. The quantitative estimate of drug-likeness (QED) is 0.837. The maximum atomic E-state index is 11.5. The van der Waals surface area contributed by atoms with Crippen molar-refractivity contribution in [2.45, 2.75) is 69.7 Å². The molecule has 0 aromatic heterocycles. The molecule has 25 heavy (non-hydrogen) atoms. The third-order valence-electron chi connectivity index (χ3n) is 5.37. The Kier molecular flexibility index (Phi) is 6.59. The van der Waals surface area contributed by atoms with Crippen LogP contribution in [0.4, 0.5) is 0 Å². The van der Waals surface area contributed by atoms with Gasteiger partial charge in [-0.3, -0.25) is 9.69 Å². The number of hydrogen-bond donors (Lipinski definition) is 0. The van der Waals surface area contributed by atoms with Crippen molar-refractivity contribution < 1.29 is 19.0 Å². The number of nitrogens with zero attached hydrogens (tertiary/aromatic N) is 1. The third kappa shape index (κ3) is 4.88. The SMILES string of the molecule is COC1CCC(OC)O1.O=C1CC2CCC(C1)N2Cc1ccccc1. The highest BCUT2D eigenvalue weighted by Gasteiger charge is 2.39. The van der Waals surface area contributed by atoms with E-state index in [4.69, 9.17) is 14.2 Å². The van der Waals surface area contributed by atoms with Crippen molar-refractivity contribution in [1.29, 1.82) is 0 Å². The molecular formula is C20H29NO4. The molecule has 3 aliphatic heterocycles. The summed E-state index contributed by atoms with van der Waals surface area (Å²) in [5, 5.41) is 0. The van der Waals surface area contributed by atoms with Crippen molar-refractivity contribution in [3.8, 4) is 0 Å². The van der Waals surface area contributed by atoms with E-state index in [1.807, 2.05) is 0 Å². The van der Waals surface area contributed by atoms with Gasteiger partial charge in [0.05, 0.1) is 0 Å². The monoisotopic (exact) mass is 347 g/mol. The van der Waals surface area contributed by atoms with Gasteiger partial charge in [-0.05, 0) is 18.4 Å². The summed E-state index contributed by atoms with van der Waals surface area (Å²) in [5.41, 5.74) is 1.37. The molecule has 138 valence electrons. The normalized spacial score (nSPS) is 31.7. The van der Waals surface area contributed by atoms with Crippen LogP contribution in [0, 0.1) is 0 Å². The minimum absolute atomic E-state index is 0.0463. The number of ether oxygens (including phenoxy) is 3. The first-order chi connectivity index (χ1) is 12.2. The van der Waals surface area contributed by atoms with Gasteiger partial charge in [-0.2, -0.15) is 0 Å². The number of rotatable bonds is 4. The number of Topliss-reactive ketones (excluding diaryl/α,β-unsaturated/α-hetero) is 1. The average Bonchev–Trinajstić information content (AvgIpc) is 3.19. The second kappa shape index (κ2) is 8.90. The summed E-state index contributed by atoms with van der Waals surface area (Å²) in [6.07, 6.45) is 5.77. The van der Waals surface area contributed by atoms with Crippen molar-refractivity contribution in [3.63, 3.8) is 0 Å². The molecule has 0 saturated carbocycles. The Hall–Kier alpha value is -1.27. The molecule has 0 N–H and O–H groups in total. The van der Waals surface area contributed by atoms with Gasteiger partial charge in [0.15, 0.2) is 12.6 Å². The fraction of sp³-hybridized carbons (Fsp3) is 0.650. The standard InChI is InChI=1S/C14H17NO.C6H12O3/c16-14-8-12-6-7-13(9-14)15(12)10-11-4-2-1-3-5-11;1-7-5-3-4-6(8-2)9-5/h1-5,12-13H,6-10H2;5-6H,3-4H2,1-2H3. The van der Waals surface area contributed by atoms with Crippen LogP contribution in [-0.4, -0.2) is 49.6 Å². The molecule has 3 saturated heterocycles. The van der Waals surface area contributed by atoms with E-state index in [1.54, 1.807) is 14.2 Å². The highest BCUT2D eigenvalue weighted by Crippen LogP contribution is 2.34. The molecule has 4 unspecified atom stereocenters. The zero-order valence-corrected chi connectivity index (χ0v) is 15.2. The van der Waals surface area contributed by atoms with Crippen molar-refractivity contribution in [1.82, 2.24) is 4.90 Å². The van der Waals surface area contributed by atoms with E-state index in [0.29, 0.717) is 17.9 Å². The van der Waals surface area contributed by atoms with E-state index in [1.165, 1.54) is 18.4 Å². The fourth-order valence-electron chi connectivity index (χ4n) is 4.04. The number of ketones is 1. The number of carbonyl (C=O) groups is 1. The summed E-state index contributed by atoms with van der Waals surface area (Å²) in [6, 6.07) is 11.6. The predicted molar refractivity (Wildman–Crippen MR) is 94.9 cm³/mol. The molecular weight excluding hydrogens is 318 g/mol. The Morgan fingerprint density at radius 2 is 1.52 bits per heavy atom. The van der Waals surface area contributed by atoms with Gasteiger partial charge in [0.2, 0.25) is 0 Å². The van der Waals surface area contributed by atoms with Crippen LogP contribution in [0.2, 0.25) is 0 Å². The van der Waals surface area contributed by atoms with Crippen molar-refractivity contribution in [2.24, 2.45) is 0 Å². The van der Waals surface area contributed by atoms with E-state index in [-0.39, 0.29) is 12.6 Å². The minimum Gasteiger partial charge on any atom is -0.356 e. The van der Waals surface area contributed by atoms with Gasteiger partial charge in [-0.25, -0.2) is 0 Å². The molecule has 0 aliphatic carbocycles. The van der Waals surface area contributed by atoms with Gasteiger partial charge in [0.1, 0.15) is 5.78 Å². The first-order valence-electron chi connectivity index (χ1n) is 9.22. The second-order valence-corrected chi connectivity index (χ2v) is 7.03. The van der Waals surface area contributed by atoms with Crippen LogP contribution in [0.1, 0.15) is 44.1 Å². The van der Waals surface area contributed by atoms with Crippen LogP contribution in [0.5, 0.6) is 0 Å². The largest absolute Gasteiger partial charge is 0.356 e. The molecule has 0 spiro atoms. The molecule has 3 fully saturated rings. The Balaban J connectivity index is 0.000000173. The molecule has 4 rings (SSSR count). The minimum atomic E-state index is -0.0463. The Morgan fingerprint density at radius 1 is 0.960 bits per heavy atom. The first kappa shape index (κ1) is 18.5.